The van der Waals surface area contributed by atoms with Gasteiger partial charge in [-0.05, 0) is 31.4 Å². The average molecular weight is 326 g/mol. The molecule has 1 fully saturated rings. The van der Waals surface area contributed by atoms with Crippen LogP contribution in [0.4, 0.5) is 14.5 Å². The summed E-state index contributed by atoms with van der Waals surface area (Å²) in [6, 6.07) is 3.60. The maximum absolute atomic E-state index is 13.7. The largest absolute Gasteiger partial charge is 0.481 e. The third-order valence-electron chi connectivity index (χ3n) is 3.85. The van der Waals surface area contributed by atoms with Crippen molar-refractivity contribution in [3.05, 3.63) is 29.8 Å². The Balaban J connectivity index is 1.79. The van der Waals surface area contributed by atoms with E-state index in [4.69, 9.17) is 5.11 Å². The van der Waals surface area contributed by atoms with E-state index in [1.54, 1.807) is 4.90 Å². The van der Waals surface area contributed by atoms with Gasteiger partial charge in [-0.3, -0.25) is 9.59 Å². The van der Waals surface area contributed by atoms with Gasteiger partial charge in [-0.25, -0.2) is 8.78 Å². The lowest BCUT2D eigenvalue weighted by atomic mass is 10.1. The summed E-state index contributed by atoms with van der Waals surface area (Å²) in [6.45, 7) is 0.834. The molecule has 5 nitrogen and oxygen atoms in total. The van der Waals surface area contributed by atoms with Crippen LogP contribution in [0.2, 0.25) is 0 Å². The fraction of sp³-hybridized carbons (Fsp3) is 0.500. The van der Waals surface area contributed by atoms with Crippen molar-refractivity contribution in [3.63, 3.8) is 0 Å². The standard InChI is InChI=1S/C16H20F2N2O3/c17-12-4-3-5-13(18)16(12)20-9-8-11(10-20)19-14(21)6-1-2-7-15(22)23/h3-5,11H,1-2,6-10H2,(H,19,21)(H,22,23). The van der Waals surface area contributed by atoms with Gasteiger partial charge < -0.3 is 15.3 Å². The Morgan fingerprint density at radius 1 is 1.22 bits per heavy atom. The zero-order valence-electron chi connectivity index (χ0n) is 12.7. The highest BCUT2D eigenvalue weighted by atomic mass is 19.1. The molecule has 0 aliphatic carbocycles. The van der Waals surface area contributed by atoms with E-state index in [0.29, 0.717) is 32.4 Å². The number of carboxylic acids is 1. The number of benzene rings is 1. The molecule has 1 atom stereocenters. The van der Waals surface area contributed by atoms with E-state index in [2.05, 4.69) is 5.32 Å². The highest BCUT2D eigenvalue weighted by molar-refractivity contribution is 5.76. The molecule has 1 heterocycles. The van der Waals surface area contributed by atoms with Crippen LogP contribution < -0.4 is 10.2 Å². The number of carbonyl (C=O) groups excluding carboxylic acids is 1. The van der Waals surface area contributed by atoms with Gasteiger partial charge in [0.05, 0.1) is 0 Å². The van der Waals surface area contributed by atoms with E-state index >= 15 is 0 Å². The molecule has 0 saturated carbocycles. The molecule has 126 valence electrons. The summed E-state index contributed by atoms with van der Waals surface area (Å²) in [7, 11) is 0. The van der Waals surface area contributed by atoms with Crippen molar-refractivity contribution < 1.29 is 23.5 Å². The van der Waals surface area contributed by atoms with Crippen LogP contribution in [-0.4, -0.2) is 36.1 Å². The molecule has 0 spiro atoms. The first kappa shape index (κ1) is 17.2. The molecular weight excluding hydrogens is 306 g/mol. The van der Waals surface area contributed by atoms with Crippen molar-refractivity contribution in [1.29, 1.82) is 0 Å². The summed E-state index contributed by atoms with van der Waals surface area (Å²) in [5.74, 6) is -2.24. The number of unbranched alkanes of at least 4 members (excludes halogenated alkanes) is 1. The van der Waals surface area contributed by atoms with Gasteiger partial charge in [0, 0.05) is 32.0 Å². The molecule has 7 heteroatoms. The number of nitrogens with zero attached hydrogens (tertiary/aromatic N) is 1. The zero-order valence-corrected chi connectivity index (χ0v) is 12.7. The molecule has 2 rings (SSSR count). The minimum Gasteiger partial charge on any atom is -0.481 e. The first-order valence-corrected chi connectivity index (χ1v) is 7.67. The predicted octanol–water partition coefficient (Wildman–Crippen LogP) is 2.30. The van der Waals surface area contributed by atoms with Crippen LogP contribution in [0.25, 0.3) is 0 Å². The van der Waals surface area contributed by atoms with Gasteiger partial charge in [-0.1, -0.05) is 6.07 Å². The molecule has 1 unspecified atom stereocenters. The molecule has 0 bridgehead atoms. The summed E-state index contributed by atoms with van der Waals surface area (Å²) in [5, 5.41) is 11.4. The van der Waals surface area contributed by atoms with Crippen LogP contribution >= 0.6 is 0 Å². The van der Waals surface area contributed by atoms with Crippen LogP contribution in [0.1, 0.15) is 32.1 Å². The Bertz CT molecular complexity index is 560. The van der Waals surface area contributed by atoms with Crippen molar-refractivity contribution >= 4 is 17.6 Å². The minimum atomic E-state index is -0.872. The van der Waals surface area contributed by atoms with Gasteiger partial charge in [0.15, 0.2) is 0 Å². The van der Waals surface area contributed by atoms with Gasteiger partial charge in [0.1, 0.15) is 17.3 Å². The third-order valence-corrected chi connectivity index (χ3v) is 3.85. The lowest BCUT2D eigenvalue weighted by molar-refractivity contribution is -0.137. The first-order chi connectivity index (χ1) is 11.0. The summed E-state index contributed by atoms with van der Waals surface area (Å²) < 4.78 is 27.5. The van der Waals surface area contributed by atoms with Crippen LogP contribution in [-0.2, 0) is 9.59 Å². The Hall–Kier alpha value is -2.18. The summed E-state index contributed by atoms with van der Waals surface area (Å²) in [5.41, 5.74) is -0.0503. The molecule has 1 aromatic carbocycles. The van der Waals surface area contributed by atoms with Gasteiger partial charge in [-0.2, -0.15) is 0 Å². The number of nitrogens with one attached hydrogen (secondary N) is 1. The zero-order chi connectivity index (χ0) is 16.8. The fourth-order valence-electron chi connectivity index (χ4n) is 2.73. The number of carboxylic acid groups (broad SMARTS) is 1. The minimum absolute atomic E-state index is 0.0503. The Morgan fingerprint density at radius 2 is 1.87 bits per heavy atom. The topological polar surface area (TPSA) is 69.6 Å². The molecule has 0 radical (unpaired) electrons. The maximum atomic E-state index is 13.7. The maximum Gasteiger partial charge on any atom is 0.303 e. The molecule has 1 aromatic rings. The lowest BCUT2D eigenvalue weighted by Gasteiger charge is -2.20. The van der Waals surface area contributed by atoms with Crippen LogP contribution in [0, 0.1) is 11.6 Å². The molecule has 2 N–H and O–H groups in total. The lowest BCUT2D eigenvalue weighted by Crippen LogP contribution is -2.37. The van der Waals surface area contributed by atoms with Crippen molar-refractivity contribution in [2.75, 3.05) is 18.0 Å². The Labute approximate surface area is 133 Å². The second-order valence-corrected chi connectivity index (χ2v) is 5.67. The van der Waals surface area contributed by atoms with E-state index in [-0.39, 0.29) is 30.5 Å². The normalized spacial score (nSPS) is 17.3. The number of carbonyl (C=O) groups is 2. The van der Waals surface area contributed by atoms with Gasteiger partial charge >= 0.3 is 5.97 Å². The number of hydrogen-bond donors (Lipinski definition) is 2. The van der Waals surface area contributed by atoms with Gasteiger partial charge in [-0.15, -0.1) is 0 Å². The predicted molar refractivity (Wildman–Crippen MR) is 81.2 cm³/mol. The van der Waals surface area contributed by atoms with Crippen LogP contribution in [0.3, 0.4) is 0 Å². The van der Waals surface area contributed by atoms with E-state index < -0.39 is 17.6 Å². The van der Waals surface area contributed by atoms with Crippen molar-refractivity contribution in [2.24, 2.45) is 0 Å². The number of amides is 1. The van der Waals surface area contributed by atoms with Crippen LogP contribution in [0.5, 0.6) is 0 Å². The second kappa shape index (κ2) is 7.89. The quantitative estimate of drug-likeness (QED) is 0.755. The van der Waals surface area contributed by atoms with Crippen LogP contribution in [0.15, 0.2) is 18.2 Å². The van der Waals surface area contributed by atoms with E-state index in [1.807, 2.05) is 0 Å². The van der Waals surface area contributed by atoms with Crippen molar-refractivity contribution in [1.82, 2.24) is 5.32 Å². The number of para-hydroxylation sites is 1. The molecule has 1 saturated heterocycles. The molecule has 23 heavy (non-hydrogen) atoms. The van der Waals surface area contributed by atoms with Gasteiger partial charge in [0.2, 0.25) is 5.91 Å². The van der Waals surface area contributed by atoms with Gasteiger partial charge in [0.25, 0.3) is 0 Å². The SMILES string of the molecule is O=C(O)CCCCC(=O)NC1CCN(c2c(F)cccc2F)C1. The molecular formula is C16H20F2N2O3. The van der Waals surface area contributed by atoms with E-state index in [1.165, 1.54) is 18.2 Å². The number of anilines is 1. The highest BCUT2D eigenvalue weighted by Crippen LogP contribution is 2.26. The molecule has 0 aromatic heterocycles. The highest BCUT2D eigenvalue weighted by Gasteiger charge is 2.27. The number of rotatable bonds is 7. The second-order valence-electron chi connectivity index (χ2n) is 5.67. The molecule has 1 aliphatic heterocycles. The number of halogens is 2. The number of hydrogen-bond acceptors (Lipinski definition) is 3. The summed E-state index contributed by atoms with van der Waals surface area (Å²) >= 11 is 0. The summed E-state index contributed by atoms with van der Waals surface area (Å²) in [6.07, 6.45) is 1.90. The molecule has 1 aliphatic rings. The fourth-order valence-corrected chi connectivity index (χ4v) is 2.73. The smallest absolute Gasteiger partial charge is 0.303 e. The Morgan fingerprint density at radius 3 is 2.52 bits per heavy atom. The van der Waals surface area contributed by atoms with E-state index in [0.717, 1.165) is 0 Å². The van der Waals surface area contributed by atoms with E-state index in [9.17, 15) is 18.4 Å². The average Bonchev–Trinajstić information content (AvgIpc) is 2.91. The van der Waals surface area contributed by atoms with Crippen molar-refractivity contribution in [2.45, 2.75) is 38.1 Å². The first-order valence-electron chi connectivity index (χ1n) is 7.67. The monoisotopic (exact) mass is 326 g/mol. The number of aliphatic carboxylic acids is 1. The van der Waals surface area contributed by atoms with Crippen molar-refractivity contribution in [3.8, 4) is 0 Å². The molecule has 1 amide bonds. The Kier molecular flexibility index (Phi) is 5.90. The summed E-state index contributed by atoms with van der Waals surface area (Å²) in [4.78, 5) is 23.8. The third kappa shape index (κ3) is 4.91.